The maximum Gasteiger partial charge on any atom is 0.280 e. The summed E-state index contributed by atoms with van der Waals surface area (Å²) in [5.41, 5.74) is -0.509. The molecule has 4 amide bonds. The zero-order valence-corrected chi connectivity index (χ0v) is 21.1. The van der Waals surface area contributed by atoms with Gasteiger partial charge in [-0.25, -0.2) is 0 Å². The van der Waals surface area contributed by atoms with Gasteiger partial charge in [0.25, 0.3) is 23.3 Å². The van der Waals surface area contributed by atoms with Crippen molar-refractivity contribution in [2.24, 2.45) is 0 Å². The lowest BCUT2D eigenvalue weighted by Crippen LogP contribution is -2.60. The van der Waals surface area contributed by atoms with Gasteiger partial charge in [-0.2, -0.15) is 0 Å². The van der Waals surface area contributed by atoms with Gasteiger partial charge in [0.2, 0.25) is 6.41 Å². The molecule has 1 aliphatic rings. The molecule has 1 unspecified atom stereocenters. The molecule has 1 heterocycles. The Kier molecular flexibility index (Phi) is 9.58. The zero-order chi connectivity index (χ0) is 26.8. The molecule has 0 radical (unpaired) electrons. The maximum atomic E-state index is 12.7. The molecule has 0 spiro atoms. The highest BCUT2D eigenvalue weighted by atomic mass is 16.5. The monoisotopic (exact) mass is 513 g/mol. The van der Waals surface area contributed by atoms with Gasteiger partial charge in [0.05, 0.1) is 13.2 Å². The van der Waals surface area contributed by atoms with Crippen molar-refractivity contribution in [3.8, 4) is 17.2 Å². The van der Waals surface area contributed by atoms with Crippen molar-refractivity contribution in [3.63, 3.8) is 0 Å². The predicted molar refractivity (Wildman–Crippen MR) is 132 cm³/mol. The van der Waals surface area contributed by atoms with Crippen LogP contribution in [0.4, 0.5) is 0 Å². The van der Waals surface area contributed by atoms with E-state index in [0.717, 1.165) is 5.56 Å². The molecule has 2 aromatic rings. The molecule has 1 atom stereocenters. The summed E-state index contributed by atoms with van der Waals surface area (Å²) in [6.07, 6.45) is 0.0615. The SMILES string of the molecule is CCOCCN1Cc2cc(Oc3ccc(OC(CCOC)(C(=O)NC)C(=O)NC=O)cc3)ccc2C1=O. The van der Waals surface area contributed by atoms with E-state index in [9.17, 15) is 19.2 Å². The van der Waals surface area contributed by atoms with Gasteiger partial charge in [0.1, 0.15) is 17.2 Å². The van der Waals surface area contributed by atoms with E-state index in [0.29, 0.717) is 43.4 Å². The number of nitrogens with zero attached hydrogens (tertiary/aromatic N) is 1. The Morgan fingerprint density at radius 1 is 1.05 bits per heavy atom. The van der Waals surface area contributed by atoms with E-state index in [1.165, 1.54) is 14.2 Å². The van der Waals surface area contributed by atoms with Crippen molar-refractivity contribution in [1.82, 2.24) is 15.5 Å². The van der Waals surface area contributed by atoms with Crippen LogP contribution in [-0.2, 0) is 30.4 Å². The van der Waals surface area contributed by atoms with Crippen molar-refractivity contribution in [2.75, 3.05) is 40.5 Å². The lowest BCUT2D eigenvalue weighted by Gasteiger charge is -2.30. The number of hydrogen-bond donors (Lipinski definition) is 2. The van der Waals surface area contributed by atoms with Crippen molar-refractivity contribution in [2.45, 2.75) is 25.5 Å². The van der Waals surface area contributed by atoms with E-state index in [-0.39, 0.29) is 31.1 Å². The fourth-order valence-corrected chi connectivity index (χ4v) is 3.93. The third-order valence-electron chi connectivity index (χ3n) is 5.83. The summed E-state index contributed by atoms with van der Waals surface area (Å²) in [7, 11) is 2.78. The van der Waals surface area contributed by atoms with E-state index in [2.05, 4.69) is 5.32 Å². The average Bonchev–Trinajstić information content (AvgIpc) is 3.21. The number of imide groups is 1. The van der Waals surface area contributed by atoms with Gasteiger partial charge < -0.3 is 29.2 Å². The Morgan fingerprint density at radius 2 is 1.76 bits per heavy atom. The molecule has 0 saturated heterocycles. The molecule has 1 aliphatic heterocycles. The summed E-state index contributed by atoms with van der Waals surface area (Å²) in [6, 6.07) is 11.6. The summed E-state index contributed by atoms with van der Waals surface area (Å²) in [5, 5.41) is 4.40. The molecule has 0 saturated carbocycles. The Hall–Kier alpha value is -3.96. The number of hydrogen-bond acceptors (Lipinski definition) is 8. The molecule has 0 fully saturated rings. The van der Waals surface area contributed by atoms with Gasteiger partial charge in [-0.1, -0.05) is 0 Å². The Morgan fingerprint density at radius 3 is 2.41 bits per heavy atom. The quantitative estimate of drug-likeness (QED) is 0.221. The standard InChI is InChI=1S/C26H31N3O8/c1-4-35-14-12-29-16-18-15-21(9-10-22(18)23(29)31)36-19-5-7-20(8-6-19)37-26(11-13-34-3,24(32)27-2)25(33)28-17-30/h5-10,15,17H,4,11-14,16H2,1-3H3,(H,27,32)(H,28,30,33). The number of rotatable bonds is 14. The van der Waals surface area contributed by atoms with Gasteiger partial charge in [-0.3, -0.25) is 24.5 Å². The maximum absolute atomic E-state index is 12.7. The van der Waals surface area contributed by atoms with Crippen LogP contribution >= 0.6 is 0 Å². The van der Waals surface area contributed by atoms with Crippen LogP contribution in [0.25, 0.3) is 0 Å². The second kappa shape index (κ2) is 12.8. The van der Waals surface area contributed by atoms with Gasteiger partial charge in [-0.15, -0.1) is 0 Å². The normalized spacial score (nSPS) is 13.9. The minimum Gasteiger partial charge on any atom is -0.467 e. The summed E-state index contributed by atoms with van der Waals surface area (Å²) >= 11 is 0. The van der Waals surface area contributed by atoms with Crippen LogP contribution in [0, 0.1) is 0 Å². The van der Waals surface area contributed by atoms with Crippen LogP contribution < -0.4 is 20.1 Å². The van der Waals surface area contributed by atoms with Gasteiger partial charge in [0, 0.05) is 45.8 Å². The number of fused-ring (bicyclic) bond motifs is 1. The second-order valence-corrected chi connectivity index (χ2v) is 8.16. The van der Waals surface area contributed by atoms with Crippen molar-refractivity contribution >= 4 is 24.1 Å². The molecule has 11 nitrogen and oxygen atoms in total. The fourth-order valence-electron chi connectivity index (χ4n) is 3.93. The molecule has 37 heavy (non-hydrogen) atoms. The van der Waals surface area contributed by atoms with Crippen LogP contribution in [0.15, 0.2) is 42.5 Å². The first-order chi connectivity index (χ1) is 17.9. The predicted octanol–water partition coefficient (Wildman–Crippen LogP) is 1.64. The highest BCUT2D eigenvalue weighted by Crippen LogP contribution is 2.31. The molecular weight excluding hydrogens is 482 g/mol. The Bertz CT molecular complexity index is 1120. The first-order valence-corrected chi connectivity index (χ1v) is 11.8. The number of carbonyl (C=O) groups is 4. The fraction of sp³-hybridized carbons (Fsp3) is 0.385. The highest BCUT2D eigenvalue weighted by Gasteiger charge is 2.48. The van der Waals surface area contributed by atoms with Gasteiger partial charge in [0.15, 0.2) is 0 Å². The van der Waals surface area contributed by atoms with E-state index >= 15 is 0 Å². The van der Waals surface area contributed by atoms with Crippen LogP contribution in [0.1, 0.15) is 29.3 Å². The van der Waals surface area contributed by atoms with E-state index in [4.69, 9.17) is 18.9 Å². The number of carbonyl (C=O) groups excluding carboxylic acids is 4. The first kappa shape index (κ1) is 27.6. The lowest BCUT2D eigenvalue weighted by molar-refractivity contribution is -0.152. The number of methoxy groups -OCH3 is 1. The zero-order valence-electron chi connectivity index (χ0n) is 21.1. The van der Waals surface area contributed by atoms with Crippen molar-refractivity contribution < 1.29 is 38.1 Å². The van der Waals surface area contributed by atoms with Crippen LogP contribution in [0.5, 0.6) is 17.2 Å². The second-order valence-electron chi connectivity index (χ2n) is 8.16. The molecule has 3 rings (SSSR count). The Labute approximate surface area is 215 Å². The number of likely N-dealkylation sites (N-methyl/N-ethyl adjacent to an activating group) is 1. The molecular formula is C26H31N3O8. The molecule has 2 aromatic carbocycles. The topological polar surface area (TPSA) is 132 Å². The summed E-state index contributed by atoms with van der Waals surface area (Å²) in [4.78, 5) is 50.5. The van der Waals surface area contributed by atoms with Crippen LogP contribution in [0.2, 0.25) is 0 Å². The van der Waals surface area contributed by atoms with E-state index in [1.807, 2.05) is 18.3 Å². The highest BCUT2D eigenvalue weighted by molar-refractivity contribution is 6.11. The van der Waals surface area contributed by atoms with Crippen molar-refractivity contribution in [3.05, 3.63) is 53.6 Å². The first-order valence-electron chi connectivity index (χ1n) is 11.8. The largest absolute Gasteiger partial charge is 0.467 e. The number of ether oxygens (including phenoxy) is 4. The van der Waals surface area contributed by atoms with E-state index in [1.54, 1.807) is 41.3 Å². The summed E-state index contributed by atoms with van der Waals surface area (Å²) in [6.45, 7) is 4.03. The van der Waals surface area contributed by atoms with Crippen molar-refractivity contribution in [1.29, 1.82) is 0 Å². The number of nitrogens with one attached hydrogen (secondary N) is 2. The Balaban J connectivity index is 1.73. The van der Waals surface area contributed by atoms with Crippen LogP contribution in [0.3, 0.4) is 0 Å². The average molecular weight is 514 g/mol. The molecule has 11 heteroatoms. The molecule has 0 aliphatic carbocycles. The van der Waals surface area contributed by atoms with Gasteiger partial charge >= 0.3 is 0 Å². The van der Waals surface area contributed by atoms with Crippen LogP contribution in [-0.4, -0.2) is 75.2 Å². The lowest BCUT2D eigenvalue weighted by atomic mass is 9.97. The summed E-state index contributed by atoms with van der Waals surface area (Å²) < 4.78 is 22.2. The molecule has 2 N–H and O–H groups in total. The minimum atomic E-state index is -2.02. The number of amides is 4. The third-order valence-corrected chi connectivity index (χ3v) is 5.83. The third kappa shape index (κ3) is 6.43. The summed E-state index contributed by atoms with van der Waals surface area (Å²) in [5.74, 6) is -0.442. The van der Waals surface area contributed by atoms with E-state index < -0.39 is 17.4 Å². The molecule has 0 bridgehead atoms. The number of benzene rings is 2. The molecule has 198 valence electrons. The smallest absolute Gasteiger partial charge is 0.280 e. The van der Waals surface area contributed by atoms with Gasteiger partial charge in [-0.05, 0) is 55.0 Å². The minimum absolute atomic E-state index is 0.0325. The molecule has 0 aromatic heterocycles.